The number of nitrogens with one attached hydrogen (secondary N) is 2. The molecule has 0 saturated carbocycles. The second kappa shape index (κ2) is 10.8. The van der Waals surface area contributed by atoms with E-state index in [1.165, 1.54) is 0 Å². The number of hydrogen-bond donors (Lipinski definition) is 3. The van der Waals surface area contributed by atoms with E-state index in [9.17, 15) is 18.4 Å². The van der Waals surface area contributed by atoms with E-state index in [1.807, 2.05) is 0 Å². The summed E-state index contributed by atoms with van der Waals surface area (Å²) < 4.78 is 32.5. The second-order valence-corrected chi connectivity index (χ2v) is 7.33. The third-order valence-corrected chi connectivity index (χ3v) is 3.58. The van der Waals surface area contributed by atoms with E-state index >= 15 is 0 Å². The largest absolute Gasteiger partial charge is 0.444 e. The first kappa shape index (κ1) is 22.8. The van der Waals surface area contributed by atoms with Gasteiger partial charge in [-0.25, -0.2) is 13.6 Å². The highest BCUT2D eigenvalue weighted by Gasteiger charge is 2.22. The highest BCUT2D eigenvalue weighted by atomic mass is 19.1. The van der Waals surface area contributed by atoms with Gasteiger partial charge in [0.25, 0.3) is 0 Å². The minimum atomic E-state index is -0.745. The van der Waals surface area contributed by atoms with E-state index in [2.05, 4.69) is 10.6 Å². The number of carbonyl (C=O) groups excluding carboxylic acids is 2. The molecule has 0 saturated heterocycles. The molecule has 2 amide bonds. The maximum atomic E-state index is 13.9. The van der Waals surface area contributed by atoms with Crippen LogP contribution in [0.2, 0.25) is 0 Å². The molecule has 8 heteroatoms. The Morgan fingerprint density at radius 1 is 1.22 bits per heavy atom. The molecule has 6 nitrogen and oxygen atoms in total. The van der Waals surface area contributed by atoms with Crippen LogP contribution in [-0.2, 0) is 16.0 Å². The number of alkyl carbamates (subject to hydrolysis) is 1. The summed E-state index contributed by atoms with van der Waals surface area (Å²) in [6.45, 7) is 6.12. The fourth-order valence-electron chi connectivity index (χ4n) is 2.41. The number of rotatable bonds is 9. The predicted molar refractivity (Wildman–Crippen MR) is 99.1 cm³/mol. The molecule has 4 N–H and O–H groups in total. The number of unbranched alkanes of at least 4 members (excludes halogenated alkanes) is 1. The maximum absolute atomic E-state index is 13.9. The number of halogens is 2. The average molecular weight is 385 g/mol. The van der Waals surface area contributed by atoms with Crippen molar-refractivity contribution < 1.29 is 23.1 Å². The lowest BCUT2D eigenvalue weighted by molar-refractivity contribution is -0.121. The molecule has 1 aromatic carbocycles. The molecule has 0 radical (unpaired) electrons. The second-order valence-electron chi connectivity index (χ2n) is 7.33. The maximum Gasteiger partial charge on any atom is 0.407 e. The van der Waals surface area contributed by atoms with Crippen molar-refractivity contribution in [1.29, 1.82) is 0 Å². The Kier molecular flexibility index (Phi) is 9.14. The lowest BCUT2D eigenvalue weighted by Crippen LogP contribution is -2.43. The van der Waals surface area contributed by atoms with Gasteiger partial charge in [0, 0.05) is 19.0 Å². The number of amides is 2. The molecule has 1 unspecified atom stereocenters. The van der Waals surface area contributed by atoms with Crippen molar-refractivity contribution >= 4 is 12.0 Å². The van der Waals surface area contributed by atoms with Gasteiger partial charge >= 0.3 is 6.09 Å². The zero-order valence-electron chi connectivity index (χ0n) is 16.1. The van der Waals surface area contributed by atoms with Crippen molar-refractivity contribution in [2.24, 2.45) is 5.73 Å². The van der Waals surface area contributed by atoms with Gasteiger partial charge in [-0.05, 0) is 70.3 Å². The van der Waals surface area contributed by atoms with Crippen molar-refractivity contribution in [3.63, 3.8) is 0 Å². The van der Waals surface area contributed by atoms with E-state index in [0.717, 1.165) is 31.0 Å². The van der Waals surface area contributed by atoms with Gasteiger partial charge in [0.15, 0.2) is 0 Å². The van der Waals surface area contributed by atoms with Crippen LogP contribution in [0, 0.1) is 11.6 Å². The van der Waals surface area contributed by atoms with Crippen LogP contribution in [0.25, 0.3) is 0 Å². The predicted octanol–water partition coefficient (Wildman–Crippen LogP) is 2.65. The van der Waals surface area contributed by atoms with Gasteiger partial charge in [-0.3, -0.25) is 4.79 Å². The first-order valence-electron chi connectivity index (χ1n) is 9.01. The number of hydrogen-bond acceptors (Lipinski definition) is 4. The zero-order chi connectivity index (χ0) is 20.4. The monoisotopic (exact) mass is 385 g/mol. The lowest BCUT2D eigenvalue weighted by Gasteiger charge is -2.23. The van der Waals surface area contributed by atoms with Crippen molar-refractivity contribution in [2.75, 3.05) is 13.1 Å². The Bertz CT molecular complexity index is 633. The first-order chi connectivity index (χ1) is 12.6. The molecule has 1 atom stereocenters. The summed E-state index contributed by atoms with van der Waals surface area (Å²) in [5, 5.41) is 5.30. The summed E-state index contributed by atoms with van der Waals surface area (Å²) in [5.74, 6) is -1.49. The molecule has 0 bridgehead atoms. The van der Waals surface area contributed by atoms with E-state index in [0.29, 0.717) is 13.1 Å². The normalized spacial score (nSPS) is 12.4. The molecule has 0 aliphatic carbocycles. The molecule has 0 heterocycles. The lowest BCUT2D eigenvalue weighted by atomic mass is 10.0. The average Bonchev–Trinajstić information content (AvgIpc) is 2.53. The van der Waals surface area contributed by atoms with Crippen molar-refractivity contribution in [1.82, 2.24) is 10.6 Å². The van der Waals surface area contributed by atoms with E-state index in [1.54, 1.807) is 20.8 Å². The minimum Gasteiger partial charge on any atom is -0.444 e. The molecule has 0 spiro atoms. The Morgan fingerprint density at radius 3 is 2.56 bits per heavy atom. The summed E-state index contributed by atoms with van der Waals surface area (Å²) in [4.78, 5) is 24.2. The number of ether oxygens (including phenoxy) is 1. The van der Waals surface area contributed by atoms with Crippen LogP contribution in [0.4, 0.5) is 13.6 Å². The van der Waals surface area contributed by atoms with E-state index < -0.39 is 29.4 Å². The molecular formula is C19H29F2N3O3. The van der Waals surface area contributed by atoms with Gasteiger partial charge in [0.1, 0.15) is 17.2 Å². The molecule has 0 fully saturated rings. The van der Waals surface area contributed by atoms with Crippen LogP contribution < -0.4 is 16.4 Å². The van der Waals surface area contributed by atoms with Gasteiger partial charge in [0.2, 0.25) is 5.91 Å². The zero-order valence-corrected chi connectivity index (χ0v) is 16.1. The minimum absolute atomic E-state index is 0.0426. The van der Waals surface area contributed by atoms with Gasteiger partial charge in [-0.2, -0.15) is 0 Å². The molecule has 0 aliphatic rings. The van der Waals surface area contributed by atoms with E-state index in [4.69, 9.17) is 10.5 Å². The standard InChI is InChI=1S/C19H29F2N3O3/c1-19(2,3)27-18(26)24-15(12-17(25)23-9-5-4-8-22)11-13-10-14(20)6-7-16(13)21/h6-7,10,15H,4-5,8-9,11-12,22H2,1-3H3,(H,23,25)(H,24,26). The molecule has 0 aliphatic heterocycles. The smallest absolute Gasteiger partial charge is 0.407 e. The summed E-state index contributed by atoms with van der Waals surface area (Å²) in [7, 11) is 0. The Balaban J connectivity index is 2.77. The number of benzene rings is 1. The third kappa shape index (κ3) is 9.89. The summed E-state index contributed by atoms with van der Waals surface area (Å²) >= 11 is 0. The summed E-state index contributed by atoms with van der Waals surface area (Å²) in [6.07, 6.45) is 0.677. The molecule has 27 heavy (non-hydrogen) atoms. The first-order valence-corrected chi connectivity index (χ1v) is 9.01. The highest BCUT2D eigenvalue weighted by Crippen LogP contribution is 2.14. The van der Waals surface area contributed by atoms with Gasteiger partial charge in [-0.1, -0.05) is 0 Å². The number of carbonyl (C=O) groups is 2. The summed E-state index contributed by atoms with van der Waals surface area (Å²) in [6, 6.07) is 2.34. The van der Waals surface area contributed by atoms with Crippen LogP contribution >= 0.6 is 0 Å². The van der Waals surface area contributed by atoms with Crippen LogP contribution in [0.15, 0.2) is 18.2 Å². The quantitative estimate of drug-likeness (QED) is 0.570. The topological polar surface area (TPSA) is 93.4 Å². The fraction of sp³-hybridized carbons (Fsp3) is 0.579. The van der Waals surface area contributed by atoms with Crippen LogP contribution in [0.1, 0.15) is 45.6 Å². The van der Waals surface area contributed by atoms with Crippen LogP contribution in [-0.4, -0.2) is 36.7 Å². The van der Waals surface area contributed by atoms with Crippen LogP contribution in [0.3, 0.4) is 0 Å². The van der Waals surface area contributed by atoms with Gasteiger partial charge in [-0.15, -0.1) is 0 Å². The molecule has 152 valence electrons. The van der Waals surface area contributed by atoms with Crippen LogP contribution in [0.5, 0.6) is 0 Å². The SMILES string of the molecule is CC(C)(C)OC(=O)NC(CC(=O)NCCCCN)Cc1cc(F)ccc1F. The van der Waals surface area contributed by atoms with Crippen molar-refractivity contribution in [2.45, 2.75) is 58.1 Å². The molecule has 1 rings (SSSR count). The number of nitrogens with two attached hydrogens (primary N) is 1. The Labute approximate surface area is 158 Å². The van der Waals surface area contributed by atoms with Gasteiger partial charge < -0.3 is 21.1 Å². The Morgan fingerprint density at radius 2 is 1.93 bits per heavy atom. The molecule has 1 aromatic rings. The Hall–Kier alpha value is -2.22. The van der Waals surface area contributed by atoms with Crippen molar-refractivity contribution in [3.05, 3.63) is 35.4 Å². The molecular weight excluding hydrogens is 356 g/mol. The third-order valence-electron chi connectivity index (χ3n) is 3.58. The summed E-state index contributed by atoms with van der Waals surface area (Å²) in [5.41, 5.74) is 4.76. The van der Waals surface area contributed by atoms with Gasteiger partial charge in [0.05, 0.1) is 0 Å². The fourth-order valence-corrected chi connectivity index (χ4v) is 2.41. The highest BCUT2D eigenvalue weighted by molar-refractivity contribution is 5.77. The van der Waals surface area contributed by atoms with Crippen molar-refractivity contribution in [3.8, 4) is 0 Å². The van der Waals surface area contributed by atoms with E-state index in [-0.39, 0.29) is 24.3 Å². The molecule has 0 aromatic heterocycles.